The van der Waals surface area contributed by atoms with Gasteiger partial charge in [0.2, 0.25) is 5.88 Å². The average molecular weight is 196 g/mol. The maximum atomic E-state index is 9.05. The minimum absolute atomic E-state index is 0.335. The topological polar surface area (TPSA) is 54.4 Å². The largest absolute Gasteiger partial charge is 0.481 e. The second-order valence-electron chi connectivity index (χ2n) is 3.15. The van der Waals surface area contributed by atoms with Crippen LogP contribution < -0.4 is 10.1 Å². The number of aliphatic hydroxyl groups is 1. The Kier molecular flexibility index (Phi) is 4.35. The number of ether oxygens (including phenoxy) is 1. The van der Waals surface area contributed by atoms with E-state index < -0.39 is 0 Å². The third kappa shape index (κ3) is 3.32. The summed E-state index contributed by atoms with van der Waals surface area (Å²) < 4.78 is 5.09. The van der Waals surface area contributed by atoms with Gasteiger partial charge in [0.05, 0.1) is 13.2 Å². The van der Waals surface area contributed by atoms with Crippen LogP contribution in [0.3, 0.4) is 0 Å². The van der Waals surface area contributed by atoms with Crippen molar-refractivity contribution in [1.29, 1.82) is 0 Å². The lowest BCUT2D eigenvalue weighted by Crippen LogP contribution is -2.24. The van der Waals surface area contributed by atoms with Crippen LogP contribution in [0.4, 0.5) is 0 Å². The summed E-state index contributed by atoms with van der Waals surface area (Å²) in [5.74, 6) is 0.630. The molecule has 1 heterocycles. The summed E-state index contributed by atoms with van der Waals surface area (Å²) in [7, 11) is 1.60. The number of nitrogens with zero attached hydrogens (tertiary/aromatic N) is 1. The van der Waals surface area contributed by atoms with Gasteiger partial charge in [0, 0.05) is 24.8 Å². The molecule has 1 aromatic heterocycles. The first kappa shape index (κ1) is 10.9. The van der Waals surface area contributed by atoms with Crippen LogP contribution in [0.15, 0.2) is 18.3 Å². The summed E-state index contributed by atoms with van der Waals surface area (Å²) >= 11 is 0. The molecule has 1 atom stereocenters. The van der Waals surface area contributed by atoms with Crippen LogP contribution in [-0.4, -0.2) is 29.8 Å². The van der Waals surface area contributed by atoms with Crippen molar-refractivity contribution in [2.24, 2.45) is 0 Å². The van der Waals surface area contributed by atoms with Crippen molar-refractivity contribution in [3.63, 3.8) is 0 Å². The van der Waals surface area contributed by atoms with Gasteiger partial charge in [-0.15, -0.1) is 0 Å². The van der Waals surface area contributed by atoms with Gasteiger partial charge in [-0.1, -0.05) is 6.07 Å². The van der Waals surface area contributed by atoms with Gasteiger partial charge >= 0.3 is 0 Å². The molecule has 0 aliphatic rings. The number of hydrogen-bond donors (Lipinski definition) is 2. The Morgan fingerprint density at radius 1 is 1.64 bits per heavy atom. The van der Waals surface area contributed by atoms with E-state index in [9.17, 15) is 0 Å². The Hall–Kier alpha value is -1.13. The summed E-state index contributed by atoms with van der Waals surface area (Å²) in [6, 6.07) is 3.81. The molecule has 78 valence electrons. The molecule has 4 heteroatoms. The van der Waals surface area contributed by atoms with Gasteiger partial charge in [0.1, 0.15) is 0 Å². The number of hydrogen-bond acceptors (Lipinski definition) is 4. The molecule has 0 bridgehead atoms. The second-order valence-corrected chi connectivity index (χ2v) is 3.15. The summed E-state index contributed by atoms with van der Waals surface area (Å²) in [6.07, 6.45) is 1.36. The summed E-state index contributed by atoms with van der Waals surface area (Å²) in [6.45, 7) is 2.97. The zero-order valence-corrected chi connectivity index (χ0v) is 8.53. The van der Waals surface area contributed by atoms with Crippen molar-refractivity contribution >= 4 is 0 Å². The van der Waals surface area contributed by atoms with E-state index in [1.54, 1.807) is 20.2 Å². The minimum atomic E-state index is -0.335. The highest BCUT2D eigenvalue weighted by atomic mass is 16.5. The Morgan fingerprint density at radius 3 is 3.07 bits per heavy atom. The minimum Gasteiger partial charge on any atom is -0.481 e. The lowest BCUT2D eigenvalue weighted by molar-refractivity contribution is 0.190. The molecule has 0 aromatic carbocycles. The Morgan fingerprint density at radius 2 is 2.43 bits per heavy atom. The zero-order valence-electron chi connectivity index (χ0n) is 8.53. The van der Waals surface area contributed by atoms with Gasteiger partial charge in [-0.3, -0.25) is 0 Å². The van der Waals surface area contributed by atoms with Gasteiger partial charge < -0.3 is 15.2 Å². The van der Waals surface area contributed by atoms with Crippen molar-refractivity contribution in [3.8, 4) is 5.88 Å². The lowest BCUT2D eigenvalue weighted by atomic mass is 10.2. The summed E-state index contributed by atoms with van der Waals surface area (Å²) in [4.78, 5) is 4.07. The van der Waals surface area contributed by atoms with E-state index in [0.717, 1.165) is 5.56 Å². The third-order valence-corrected chi connectivity index (χ3v) is 1.80. The van der Waals surface area contributed by atoms with Gasteiger partial charge in [0.25, 0.3) is 0 Å². The molecular formula is C10H16N2O2. The predicted octanol–water partition coefficient (Wildman–Crippen LogP) is 0.561. The fraction of sp³-hybridized carbons (Fsp3) is 0.500. The standard InChI is InChI=1S/C10H16N2O2/c1-8(13)6-11-7-9-4-3-5-12-10(9)14-2/h3-5,8,11,13H,6-7H2,1-2H3. The average Bonchev–Trinajstić information content (AvgIpc) is 2.18. The van der Waals surface area contributed by atoms with Crippen LogP contribution in [0.5, 0.6) is 5.88 Å². The van der Waals surface area contributed by atoms with Crippen molar-refractivity contribution < 1.29 is 9.84 Å². The third-order valence-electron chi connectivity index (χ3n) is 1.80. The van der Waals surface area contributed by atoms with Gasteiger partial charge in [-0.25, -0.2) is 4.98 Å². The first-order chi connectivity index (χ1) is 6.74. The maximum Gasteiger partial charge on any atom is 0.217 e. The SMILES string of the molecule is COc1ncccc1CNCC(C)O. The molecule has 0 radical (unpaired) electrons. The number of pyridine rings is 1. The predicted molar refractivity (Wildman–Crippen MR) is 54.2 cm³/mol. The molecule has 0 aliphatic heterocycles. The van der Waals surface area contributed by atoms with E-state index >= 15 is 0 Å². The molecule has 0 saturated heterocycles. The van der Waals surface area contributed by atoms with Crippen molar-refractivity contribution in [1.82, 2.24) is 10.3 Å². The highest BCUT2D eigenvalue weighted by molar-refractivity contribution is 5.24. The Balaban J connectivity index is 2.49. The first-order valence-corrected chi connectivity index (χ1v) is 4.60. The molecule has 1 aromatic rings. The lowest BCUT2D eigenvalue weighted by Gasteiger charge is -2.09. The number of methoxy groups -OCH3 is 1. The highest BCUT2D eigenvalue weighted by Crippen LogP contribution is 2.12. The fourth-order valence-electron chi connectivity index (χ4n) is 1.16. The van der Waals surface area contributed by atoms with Crippen molar-refractivity contribution in [2.75, 3.05) is 13.7 Å². The molecule has 2 N–H and O–H groups in total. The van der Waals surface area contributed by atoms with E-state index in [4.69, 9.17) is 9.84 Å². The quantitative estimate of drug-likeness (QED) is 0.722. The van der Waals surface area contributed by atoms with Crippen LogP contribution in [0.25, 0.3) is 0 Å². The molecule has 0 aliphatic carbocycles. The molecule has 0 fully saturated rings. The fourth-order valence-corrected chi connectivity index (χ4v) is 1.16. The van der Waals surface area contributed by atoms with E-state index in [-0.39, 0.29) is 6.10 Å². The Labute approximate surface area is 83.9 Å². The van der Waals surface area contributed by atoms with E-state index in [0.29, 0.717) is 19.0 Å². The summed E-state index contributed by atoms with van der Waals surface area (Å²) in [5, 5.41) is 12.2. The summed E-state index contributed by atoms with van der Waals surface area (Å²) in [5.41, 5.74) is 0.996. The van der Waals surface area contributed by atoms with E-state index in [2.05, 4.69) is 10.3 Å². The zero-order chi connectivity index (χ0) is 10.4. The molecule has 1 unspecified atom stereocenters. The molecule has 1 rings (SSSR count). The maximum absolute atomic E-state index is 9.05. The smallest absolute Gasteiger partial charge is 0.217 e. The molecule has 0 amide bonds. The Bertz CT molecular complexity index is 277. The van der Waals surface area contributed by atoms with Crippen LogP contribution in [0.2, 0.25) is 0 Å². The monoisotopic (exact) mass is 196 g/mol. The molecule has 14 heavy (non-hydrogen) atoms. The number of aliphatic hydroxyl groups excluding tert-OH is 1. The number of aromatic nitrogens is 1. The number of nitrogens with one attached hydrogen (secondary N) is 1. The van der Waals surface area contributed by atoms with Crippen LogP contribution >= 0.6 is 0 Å². The molecule has 0 saturated carbocycles. The van der Waals surface area contributed by atoms with Gasteiger partial charge in [0.15, 0.2) is 0 Å². The molecular weight excluding hydrogens is 180 g/mol. The van der Waals surface area contributed by atoms with Crippen molar-refractivity contribution in [2.45, 2.75) is 19.6 Å². The molecule has 0 spiro atoms. The molecule has 4 nitrogen and oxygen atoms in total. The van der Waals surface area contributed by atoms with Crippen molar-refractivity contribution in [3.05, 3.63) is 23.9 Å². The van der Waals surface area contributed by atoms with Gasteiger partial charge in [-0.2, -0.15) is 0 Å². The van der Waals surface area contributed by atoms with Gasteiger partial charge in [-0.05, 0) is 13.0 Å². The first-order valence-electron chi connectivity index (χ1n) is 4.60. The second kappa shape index (κ2) is 5.57. The van der Waals surface area contributed by atoms with Crippen LogP contribution in [-0.2, 0) is 6.54 Å². The number of rotatable bonds is 5. The van der Waals surface area contributed by atoms with Crippen LogP contribution in [0.1, 0.15) is 12.5 Å². The normalized spacial score (nSPS) is 12.5. The van der Waals surface area contributed by atoms with E-state index in [1.165, 1.54) is 0 Å². The van der Waals surface area contributed by atoms with E-state index in [1.807, 2.05) is 12.1 Å². The van der Waals surface area contributed by atoms with Crippen LogP contribution in [0, 0.1) is 0 Å². The highest BCUT2D eigenvalue weighted by Gasteiger charge is 2.02.